The Bertz CT molecular complexity index is 836. The molecular weight excluding hydrogens is 254 g/mol. The molecule has 4 rings (SSSR count). The fraction of sp³-hybridized carbons (Fsp3) is 0.200. The van der Waals surface area contributed by atoms with E-state index in [-0.39, 0.29) is 0 Å². The summed E-state index contributed by atoms with van der Waals surface area (Å²) in [4.78, 5) is 0. The zero-order valence-electron chi connectivity index (χ0n) is 12.3. The SMILES string of the molecule is Cc1ccc(CN)cc1-c1ccc2c3c(cccc13)CC2. The van der Waals surface area contributed by atoms with Crippen LogP contribution in [0.25, 0.3) is 21.9 Å². The molecule has 1 aliphatic carbocycles. The lowest BCUT2D eigenvalue weighted by molar-refractivity contribution is 1.02. The van der Waals surface area contributed by atoms with E-state index in [2.05, 4.69) is 55.5 Å². The summed E-state index contributed by atoms with van der Waals surface area (Å²) in [5.74, 6) is 0. The molecule has 1 aliphatic rings. The van der Waals surface area contributed by atoms with E-state index in [9.17, 15) is 0 Å². The molecule has 0 aliphatic heterocycles. The van der Waals surface area contributed by atoms with Gasteiger partial charge in [-0.2, -0.15) is 0 Å². The summed E-state index contributed by atoms with van der Waals surface area (Å²) in [6, 6.07) is 17.9. The van der Waals surface area contributed by atoms with Crippen molar-refractivity contribution in [2.75, 3.05) is 0 Å². The second-order valence-electron chi connectivity index (χ2n) is 5.97. The third-order valence-electron chi connectivity index (χ3n) is 4.70. The molecule has 2 N–H and O–H groups in total. The second-order valence-corrected chi connectivity index (χ2v) is 5.97. The van der Waals surface area contributed by atoms with Crippen molar-refractivity contribution < 1.29 is 0 Å². The van der Waals surface area contributed by atoms with Crippen LogP contribution in [0.4, 0.5) is 0 Å². The summed E-state index contributed by atoms with van der Waals surface area (Å²) < 4.78 is 0. The maximum absolute atomic E-state index is 5.82. The first-order chi connectivity index (χ1) is 10.3. The smallest absolute Gasteiger partial charge is 0.0178 e. The highest BCUT2D eigenvalue weighted by Crippen LogP contribution is 2.38. The Labute approximate surface area is 125 Å². The van der Waals surface area contributed by atoms with Crippen LogP contribution in [-0.4, -0.2) is 0 Å². The van der Waals surface area contributed by atoms with Crippen molar-refractivity contribution in [2.24, 2.45) is 5.73 Å². The number of rotatable bonds is 2. The van der Waals surface area contributed by atoms with Gasteiger partial charge < -0.3 is 5.73 Å². The van der Waals surface area contributed by atoms with Crippen LogP contribution in [0.3, 0.4) is 0 Å². The maximum Gasteiger partial charge on any atom is 0.0178 e. The third kappa shape index (κ3) is 1.89. The molecule has 0 fully saturated rings. The Morgan fingerprint density at radius 1 is 0.905 bits per heavy atom. The molecule has 0 bridgehead atoms. The van der Waals surface area contributed by atoms with Gasteiger partial charge in [-0.3, -0.25) is 0 Å². The summed E-state index contributed by atoms with van der Waals surface area (Å²) in [7, 11) is 0. The summed E-state index contributed by atoms with van der Waals surface area (Å²) >= 11 is 0. The number of hydrogen-bond acceptors (Lipinski definition) is 1. The lowest BCUT2D eigenvalue weighted by Gasteiger charge is -2.13. The van der Waals surface area contributed by atoms with E-state index >= 15 is 0 Å². The predicted octanol–water partition coefficient (Wildman–Crippen LogP) is 4.37. The molecule has 1 heteroatoms. The summed E-state index contributed by atoms with van der Waals surface area (Å²) in [6.07, 6.45) is 2.36. The van der Waals surface area contributed by atoms with Gasteiger partial charge in [0.2, 0.25) is 0 Å². The maximum atomic E-state index is 5.82. The molecule has 104 valence electrons. The lowest BCUT2D eigenvalue weighted by atomic mass is 9.92. The predicted molar refractivity (Wildman–Crippen MR) is 89.4 cm³/mol. The van der Waals surface area contributed by atoms with Crippen LogP contribution >= 0.6 is 0 Å². The Kier molecular flexibility index (Phi) is 2.83. The van der Waals surface area contributed by atoms with Crippen LogP contribution in [-0.2, 0) is 19.4 Å². The van der Waals surface area contributed by atoms with Gasteiger partial charge in [-0.1, -0.05) is 42.5 Å². The van der Waals surface area contributed by atoms with Gasteiger partial charge in [0.15, 0.2) is 0 Å². The van der Waals surface area contributed by atoms with Crippen LogP contribution in [0.2, 0.25) is 0 Å². The first-order valence-electron chi connectivity index (χ1n) is 7.61. The second kappa shape index (κ2) is 4.71. The molecular formula is C20H19N. The van der Waals surface area contributed by atoms with Gasteiger partial charge in [0.1, 0.15) is 0 Å². The van der Waals surface area contributed by atoms with Crippen LogP contribution in [0.1, 0.15) is 22.3 Å². The number of hydrogen-bond donors (Lipinski definition) is 1. The van der Waals surface area contributed by atoms with Crippen molar-refractivity contribution in [1.29, 1.82) is 0 Å². The molecule has 0 radical (unpaired) electrons. The van der Waals surface area contributed by atoms with Gasteiger partial charge >= 0.3 is 0 Å². The fourth-order valence-corrected chi connectivity index (χ4v) is 3.57. The van der Waals surface area contributed by atoms with Crippen LogP contribution in [0, 0.1) is 6.92 Å². The monoisotopic (exact) mass is 273 g/mol. The minimum absolute atomic E-state index is 0.592. The highest BCUT2D eigenvalue weighted by molar-refractivity contribution is 6.01. The van der Waals surface area contributed by atoms with E-state index in [1.54, 1.807) is 0 Å². The molecule has 0 saturated heterocycles. The molecule has 0 unspecified atom stereocenters. The zero-order chi connectivity index (χ0) is 14.4. The minimum atomic E-state index is 0.592. The highest BCUT2D eigenvalue weighted by Gasteiger charge is 2.17. The number of nitrogens with two attached hydrogens (primary N) is 1. The van der Waals surface area contributed by atoms with E-state index in [1.807, 2.05) is 0 Å². The summed E-state index contributed by atoms with van der Waals surface area (Å²) in [5, 5.41) is 2.87. The number of aryl methyl sites for hydroxylation is 3. The van der Waals surface area contributed by atoms with E-state index in [4.69, 9.17) is 5.73 Å². The fourth-order valence-electron chi connectivity index (χ4n) is 3.57. The van der Waals surface area contributed by atoms with Crippen molar-refractivity contribution >= 4 is 10.8 Å². The van der Waals surface area contributed by atoms with Crippen molar-refractivity contribution in [3.63, 3.8) is 0 Å². The molecule has 0 aromatic heterocycles. The zero-order valence-corrected chi connectivity index (χ0v) is 12.3. The molecule has 0 saturated carbocycles. The first kappa shape index (κ1) is 12.6. The summed E-state index contributed by atoms with van der Waals surface area (Å²) in [5.41, 5.74) is 14.0. The average Bonchev–Trinajstić information content (AvgIpc) is 2.94. The largest absolute Gasteiger partial charge is 0.326 e. The standard InChI is InChI=1S/C20H19N/c1-13-5-6-14(12-21)11-19(13)17-10-9-16-8-7-15-3-2-4-18(17)20(15)16/h2-6,9-11H,7-8,12,21H2,1H3. The molecule has 0 amide bonds. The first-order valence-corrected chi connectivity index (χ1v) is 7.61. The topological polar surface area (TPSA) is 26.0 Å². The van der Waals surface area contributed by atoms with Crippen LogP contribution in [0.15, 0.2) is 48.5 Å². The number of benzene rings is 3. The average molecular weight is 273 g/mol. The van der Waals surface area contributed by atoms with Gasteiger partial charge in [-0.15, -0.1) is 0 Å². The van der Waals surface area contributed by atoms with Gasteiger partial charge in [0.05, 0.1) is 0 Å². The van der Waals surface area contributed by atoms with Crippen molar-refractivity contribution in [1.82, 2.24) is 0 Å². The quantitative estimate of drug-likeness (QED) is 0.737. The van der Waals surface area contributed by atoms with Crippen molar-refractivity contribution in [3.05, 3.63) is 70.8 Å². The van der Waals surface area contributed by atoms with Crippen molar-refractivity contribution in [2.45, 2.75) is 26.3 Å². The van der Waals surface area contributed by atoms with E-state index in [0.29, 0.717) is 6.54 Å². The Morgan fingerprint density at radius 2 is 1.71 bits per heavy atom. The van der Waals surface area contributed by atoms with Gasteiger partial charge in [0.25, 0.3) is 0 Å². The summed E-state index contributed by atoms with van der Waals surface area (Å²) in [6.45, 7) is 2.77. The van der Waals surface area contributed by atoms with Crippen LogP contribution in [0.5, 0.6) is 0 Å². The lowest BCUT2D eigenvalue weighted by Crippen LogP contribution is -1.97. The van der Waals surface area contributed by atoms with Gasteiger partial charge in [-0.05, 0) is 70.0 Å². The third-order valence-corrected chi connectivity index (χ3v) is 4.70. The molecule has 3 aromatic rings. The van der Waals surface area contributed by atoms with Gasteiger partial charge in [0, 0.05) is 6.54 Å². The molecule has 0 spiro atoms. The normalized spacial score (nSPS) is 13.0. The molecule has 0 heterocycles. The van der Waals surface area contributed by atoms with Crippen LogP contribution < -0.4 is 5.73 Å². The van der Waals surface area contributed by atoms with E-state index < -0.39 is 0 Å². The van der Waals surface area contributed by atoms with Crippen molar-refractivity contribution in [3.8, 4) is 11.1 Å². The highest BCUT2D eigenvalue weighted by atomic mass is 14.5. The molecule has 1 nitrogen and oxygen atoms in total. The van der Waals surface area contributed by atoms with E-state index in [1.165, 1.54) is 57.0 Å². The van der Waals surface area contributed by atoms with E-state index in [0.717, 1.165) is 0 Å². The Morgan fingerprint density at radius 3 is 2.52 bits per heavy atom. The van der Waals surface area contributed by atoms with Gasteiger partial charge in [-0.25, -0.2) is 0 Å². The Hall–Kier alpha value is -2.12. The molecule has 3 aromatic carbocycles. The molecule has 0 atom stereocenters. The minimum Gasteiger partial charge on any atom is -0.326 e. The molecule has 21 heavy (non-hydrogen) atoms. The Balaban J connectivity index is 2.04.